The van der Waals surface area contributed by atoms with E-state index in [0.29, 0.717) is 0 Å². The molecule has 0 atom stereocenters. The molecule has 112 valence electrons. The van der Waals surface area contributed by atoms with Gasteiger partial charge in [0.15, 0.2) is 0 Å². The third-order valence-corrected chi connectivity index (χ3v) is 3.36. The molecule has 1 aliphatic heterocycles. The monoisotopic (exact) mass is 272 g/mol. The number of carboxylic acid groups (broad SMARTS) is 1. The lowest BCUT2D eigenvalue weighted by Crippen LogP contribution is -2.39. The highest BCUT2D eigenvalue weighted by Crippen LogP contribution is 1.95. The second-order valence-electron chi connectivity index (χ2n) is 5.18. The van der Waals surface area contributed by atoms with Gasteiger partial charge in [0.2, 0.25) is 0 Å². The highest BCUT2D eigenvalue weighted by molar-refractivity contribution is 5.69. The zero-order valence-corrected chi connectivity index (χ0v) is 12.0. The Morgan fingerprint density at radius 3 is 2.26 bits per heavy atom. The number of likely N-dealkylation sites (N-methyl/N-ethyl adjacent to an activating group) is 1. The van der Waals surface area contributed by atoms with E-state index in [4.69, 9.17) is 5.11 Å². The molecule has 1 aliphatic rings. The summed E-state index contributed by atoms with van der Waals surface area (Å²) in [6, 6.07) is 0. The first kappa shape index (κ1) is 16.4. The van der Waals surface area contributed by atoms with Crippen LogP contribution in [0.1, 0.15) is 12.8 Å². The molecule has 1 saturated heterocycles. The van der Waals surface area contributed by atoms with E-state index >= 15 is 0 Å². The number of hydrogen-bond donors (Lipinski definition) is 3. The van der Waals surface area contributed by atoms with Crippen molar-refractivity contribution in [3.8, 4) is 0 Å². The summed E-state index contributed by atoms with van der Waals surface area (Å²) in [7, 11) is 2.10. The molecule has 3 N–H and O–H groups in total. The van der Waals surface area contributed by atoms with E-state index in [1.807, 2.05) is 4.90 Å². The van der Waals surface area contributed by atoms with Crippen molar-refractivity contribution in [1.29, 1.82) is 0 Å². The average Bonchev–Trinajstić information content (AvgIpc) is 2.36. The molecule has 1 heterocycles. The number of aliphatic carboxylic acids is 1. The van der Waals surface area contributed by atoms with Crippen LogP contribution in [0.3, 0.4) is 0 Å². The van der Waals surface area contributed by atoms with E-state index in [2.05, 4.69) is 22.6 Å². The third-order valence-electron chi connectivity index (χ3n) is 3.36. The fourth-order valence-corrected chi connectivity index (χ4v) is 2.21. The van der Waals surface area contributed by atoms with Crippen LogP contribution in [0.4, 0.5) is 0 Å². The van der Waals surface area contributed by atoms with Crippen LogP contribution in [0.25, 0.3) is 0 Å². The molecular weight excluding hydrogens is 244 g/mol. The Balaban J connectivity index is 2.37. The van der Waals surface area contributed by atoms with Gasteiger partial charge in [0.05, 0.1) is 6.54 Å². The minimum atomic E-state index is -0.735. The maximum absolute atomic E-state index is 10.8. The summed E-state index contributed by atoms with van der Waals surface area (Å²) in [6.07, 6.45) is 2.13. The summed E-state index contributed by atoms with van der Waals surface area (Å²) in [4.78, 5) is 15.2. The number of nitrogens with one attached hydrogen (secondary N) is 2. The molecule has 0 aromatic rings. The van der Waals surface area contributed by atoms with E-state index in [1.54, 1.807) is 0 Å². The summed E-state index contributed by atoms with van der Waals surface area (Å²) >= 11 is 0. The molecule has 6 heteroatoms. The number of nitrogens with zero attached hydrogens (tertiary/aromatic N) is 2. The van der Waals surface area contributed by atoms with Gasteiger partial charge in [-0.15, -0.1) is 0 Å². The number of carboxylic acids is 1. The first-order chi connectivity index (χ1) is 9.18. The van der Waals surface area contributed by atoms with Crippen LogP contribution in [-0.4, -0.2) is 86.8 Å². The maximum Gasteiger partial charge on any atom is 0.317 e. The highest BCUT2D eigenvalue weighted by Gasteiger charge is 2.10. The van der Waals surface area contributed by atoms with Crippen molar-refractivity contribution in [3.05, 3.63) is 0 Å². The van der Waals surface area contributed by atoms with Crippen molar-refractivity contribution in [1.82, 2.24) is 20.4 Å². The molecule has 0 spiro atoms. The first-order valence-electron chi connectivity index (χ1n) is 7.22. The number of hydrogen-bond acceptors (Lipinski definition) is 5. The molecule has 1 rings (SSSR count). The Morgan fingerprint density at radius 2 is 1.63 bits per heavy atom. The third kappa shape index (κ3) is 8.93. The van der Waals surface area contributed by atoms with Gasteiger partial charge in [-0.3, -0.25) is 9.69 Å². The molecule has 0 bridgehead atoms. The number of carbonyl (C=O) groups is 1. The van der Waals surface area contributed by atoms with Crippen molar-refractivity contribution < 1.29 is 9.90 Å². The number of rotatable bonds is 2. The lowest BCUT2D eigenvalue weighted by Gasteiger charge is -2.24. The van der Waals surface area contributed by atoms with Gasteiger partial charge >= 0.3 is 5.97 Å². The first-order valence-corrected chi connectivity index (χ1v) is 7.22. The van der Waals surface area contributed by atoms with Crippen molar-refractivity contribution in [3.63, 3.8) is 0 Å². The minimum Gasteiger partial charge on any atom is -0.480 e. The van der Waals surface area contributed by atoms with Crippen molar-refractivity contribution in [2.75, 3.05) is 66.0 Å². The Bertz CT molecular complexity index is 251. The van der Waals surface area contributed by atoms with Crippen LogP contribution in [0.5, 0.6) is 0 Å². The normalized spacial score (nSPS) is 22.8. The Labute approximate surface area is 116 Å². The van der Waals surface area contributed by atoms with Crippen LogP contribution < -0.4 is 10.6 Å². The summed E-state index contributed by atoms with van der Waals surface area (Å²) in [6.45, 7) is 7.80. The smallest absolute Gasteiger partial charge is 0.317 e. The van der Waals surface area contributed by atoms with Gasteiger partial charge in [0.25, 0.3) is 0 Å². The van der Waals surface area contributed by atoms with E-state index in [9.17, 15) is 4.79 Å². The van der Waals surface area contributed by atoms with Crippen LogP contribution in [0.2, 0.25) is 0 Å². The Morgan fingerprint density at radius 1 is 1.00 bits per heavy atom. The van der Waals surface area contributed by atoms with Crippen molar-refractivity contribution >= 4 is 5.97 Å². The summed E-state index contributed by atoms with van der Waals surface area (Å²) in [5.74, 6) is -0.735. The van der Waals surface area contributed by atoms with Gasteiger partial charge in [-0.05, 0) is 46.1 Å². The van der Waals surface area contributed by atoms with Crippen LogP contribution >= 0.6 is 0 Å². The SMILES string of the molecule is CN1CCCNCCNCCCN(CC(=O)O)CC1. The molecule has 19 heavy (non-hydrogen) atoms. The fraction of sp³-hybridized carbons (Fsp3) is 0.923. The lowest BCUT2D eigenvalue weighted by molar-refractivity contribution is -0.138. The lowest BCUT2D eigenvalue weighted by atomic mass is 10.3. The zero-order valence-electron chi connectivity index (χ0n) is 12.0. The van der Waals surface area contributed by atoms with E-state index < -0.39 is 5.97 Å². The quantitative estimate of drug-likeness (QED) is 0.616. The average molecular weight is 272 g/mol. The Kier molecular flexibility index (Phi) is 8.73. The molecule has 0 aromatic carbocycles. The van der Waals surface area contributed by atoms with Gasteiger partial charge in [-0.1, -0.05) is 0 Å². The molecular formula is C13H28N4O2. The molecule has 1 fully saturated rings. The summed E-state index contributed by atoms with van der Waals surface area (Å²) in [5.41, 5.74) is 0. The molecule has 0 saturated carbocycles. The summed E-state index contributed by atoms with van der Waals surface area (Å²) in [5, 5.41) is 15.7. The highest BCUT2D eigenvalue weighted by atomic mass is 16.4. The van der Waals surface area contributed by atoms with Gasteiger partial charge in [-0.25, -0.2) is 0 Å². The van der Waals surface area contributed by atoms with Crippen LogP contribution in [0, 0.1) is 0 Å². The van der Waals surface area contributed by atoms with Gasteiger partial charge in [-0.2, -0.15) is 0 Å². The predicted octanol–water partition coefficient (Wildman–Crippen LogP) is -0.722. The van der Waals surface area contributed by atoms with Gasteiger partial charge in [0.1, 0.15) is 0 Å². The molecule has 0 aromatic heterocycles. The topological polar surface area (TPSA) is 67.8 Å². The van der Waals surface area contributed by atoms with Gasteiger partial charge < -0.3 is 20.6 Å². The second kappa shape index (κ2) is 10.1. The fourth-order valence-electron chi connectivity index (χ4n) is 2.21. The molecule has 0 unspecified atom stereocenters. The summed E-state index contributed by atoms with van der Waals surface area (Å²) < 4.78 is 0. The minimum absolute atomic E-state index is 0.148. The molecule has 0 radical (unpaired) electrons. The maximum atomic E-state index is 10.8. The second-order valence-corrected chi connectivity index (χ2v) is 5.18. The van der Waals surface area contributed by atoms with E-state index in [1.165, 1.54) is 0 Å². The molecule has 0 amide bonds. The largest absolute Gasteiger partial charge is 0.480 e. The Hall–Kier alpha value is -0.690. The molecule has 6 nitrogen and oxygen atoms in total. The van der Waals surface area contributed by atoms with Crippen molar-refractivity contribution in [2.24, 2.45) is 0 Å². The van der Waals surface area contributed by atoms with E-state index in [-0.39, 0.29) is 6.54 Å². The zero-order chi connectivity index (χ0) is 13.9. The standard InChI is InChI=1S/C13H28N4O2/c1-16-8-2-4-14-6-7-15-5-3-9-17(11-10-16)12-13(18)19/h14-15H,2-12H2,1H3,(H,18,19). The van der Waals surface area contributed by atoms with E-state index in [0.717, 1.165) is 65.2 Å². The van der Waals surface area contributed by atoms with Crippen molar-refractivity contribution in [2.45, 2.75) is 12.8 Å². The molecule has 0 aliphatic carbocycles. The van der Waals surface area contributed by atoms with Crippen LogP contribution in [-0.2, 0) is 4.79 Å². The van der Waals surface area contributed by atoms with Gasteiger partial charge in [0, 0.05) is 26.2 Å². The van der Waals surface area contributed by atoms with Crippen LogP contribution in [0.15, 0.2) is 0 Å². The predicted molar refractivity (Wildman–Crippen MR) is 76.5 cm³/mol.